The Morgan fingerprint density at radius 2 is 1.54 bits per heavy atom. The van der Waals surface area contributed by atoms with Gasteiger partial charge in [0.2, 0.25) is 0 Å². The summed E-state index contributed by atoms with van der Waals surface area (Å²) >= 11 is 12.6. The Labute approximate surface area is 174 Å². The van der Waals surface area contributed by atoms with Gasteiger partial charge in [-0.05, 0) is 24.5 Å². The number of benzene rings is 1. The number of carbonyl (C=O) groups excluding carboxylic acids is 2. The molecule has 3 rings (SSSR count). The molecule has 2 aliphatic rings. The van der Waals surface area contributed by atoms with Crippen molar-refractivity contribution in [2.45, 2.75) is 44.1 Å². The standard InChI is InChI=1S/C21H23Cl2NO4/c1-27-20(25)15-11-24(13-7-4-3-5-8-13)12-16(21(26)28-2)18(15)14-9-6-10-17(22)19(14)23/h6,9-13,18H,3-5,7-8H2,1-2H3. The maximum absolute atomic E-state index is 12.7. The summed E-state index contributed by atoms with van der Waals surface area (Å²) < 4.78 is 10.0. The van der Waals surface area contributed by atoms with Crippen molar-refractivity contribution < 1.29 is 19.1 Å². The van der Waals surface area contributed by atoms with E-state index >= 15 is 0 Å². The predicted molar refractivity (Wildman–Crippen MR) is 108 cm³/mol. The molecule has 0 amide bonds. The molecule has 0 atom stereocenters. The lowest BCUT2D eigenvalue weighted by molar-refractivity contribution is -0.137. The summed E-state index contributed by atoms with van der Waals surface area (Å²) in [6.07, 6.45) is 8.98. The van der Waals surface area contributed by atoms with Gasteiger partial charge in [0.05, 0.1) is 41.3 Å². The smallest absolute Gasteiger partial charge is 0.336 e. The Morgan fingerprint density at radius 1 is 0.964 bits per heavy atom. The topological polar surface area (TPSA) is 55.8 Å². The third kappa shape index (κ3) is 4.06. The van der Waals surface area contributed by atoms with E-state index in [9.17, 15) is 9.59 Å². The van der Waals surface area contributed by atoms with Gasteiger partial charge in [-0.1, -0.05) is 54.6 Å². The van der Waals surface area contributed by atoms with Crippen LogP contribution in [0.25, 0.3) is 0 Å². The third-order valence-electron chi connectivity index (χ3n) is 5.33. The molecule has 0 saturated heterocycles. The number of esters is 2. The number of halogens is 2. The lowest BCUT2D eigenvalue weighted by Crippen LogP contribution is -2.35. The summed E-state index contributed by atoms with van der Waals surface area (Å²) in [4.78, 5) is 27.3. The molecule has 1 aliphatic carbocycles. The van der Waals surface area contributed by atoms with Gasteiger partial charge in [-0.3, -0.25) is 0 Å². The van der Waals surface area contributed by atoms with Gasteiger partial charge >= 0.3 is 11.9 Å². The molecule has 0 N–H and O–H groups in total. The zero-order valence-electron chi connectivity index (χ0n) is 15.9. The minimum atomic E-state index is -0.717. The predicted octanol–water partition coefficient (Wildman–Crippen LogP) is 4.84. The van der Waals surface area contributed by atoms with Crippen LogP contribution in [0.15, 0.2) is 41.7 Å². The largest absolute Gasteiger partial charge is 0.466 e. The number of hydrogen-bond acceptors (Lipinski definition) is 5. The average Bonchev–Trinajstić information content (AvgIpc) is 2.74. The van der Waals surface area contributed by atoms with Gasteiger partial charge in [-0.15, -0.1) is 0 Å². The maximum atomic E-state index is 12.7. The quantitative estimate of drug-likeness (QED) is 0.648. The van der Waals surface area contributed by atoms with Crippen LogP contribution in [0.5, 0.6) is 0 Å². The van der Waals surface area contributed by atoms with Crippen LogP contribution in [0, 0.1) is 0 Å². The summed E-state index contributed by atoms with van der Waals surface area (Å²) in [7, 11) is 2.64. The van der Waals surface area contributed by atoms with Gasteiger partial charge < -0.3 is 14.4 Å². The molecular weight excluding hydrogens is 401 g/mol. The van der Waals surface area contributed by atoms with Gasteiger partial charge in [0.25, 0.3) is 0 Å². The zero-order valence-corrected chi connectivity index (χ0v) is 17.4. The summed E-state index contributed by atoms with van der Waals surface area (Å²) in [5.41, 5.74) is 1.23. The first kappa shape index (κ1) is 20.7. The van der Waals surface area contributed by atoms with Crippen LogP contribution in [0.2, 0.25) is 10.0 Å². The second-order valence-corrected chi connectivity index (χ2v) is 7.75. The van der Waals surface area contributed by atoms with E-state index in [1.54, 1.807) is 30.6 Å². The van der Waals surface area contributed by atoms with Crippen LogP contribution in [-0.2, 0) is 19.1 Å². The lowest BCUT2D eigenvalue weighted by atomic mass is 9.82. The second kappa shape index (κ2) is 9.01. The van der Waals surface area contributed by atoms with Crippen LogP contribution in [0.4, 0.5) is 0 Å². The zero-order chi connectivity index (χ0) is 20.3. The van der Waals surface area contributed by atoms with Crippen molar-refractivity contribution in [1.29, 1.82) is 0 Å². The molecule has 0 unspecified atom stereocenters. The summed E-state index contributed by atoms with van der Waals surface area (Å²) in [5.74, 6) is -1.75. The van der Waals surface area contributed by atoms with Gasteiger partial charge in [0.15, 0.2) is 0 Å². The van der Waals surface area contributed by atoms with E-state index in [-0.39, 0.29) is 6.04 Å². The Kier molecular flexibility index (Phi) is 6.68. The van der Waals surface area contributed by atoms with Crippen molar-refractivity contribution in [1.82, 2.24) is 4.90 Å². The fraction of sp³-hybridized carbons (Fsp3) is 0.429. The van der Waals surface area contributed by atoms with E-state index in [0.29, 0.717) is 26.8 Å². The van der Waals surface area contributed by atoms with Gasteiger partial charge in [-0.25, -0.2) is 9.59 Å². The fourth-order valence-electron chi connectivity index (χ4n) is 3.92. The van der Waals surface area contributed by atoms with Crippen molar-refractivity contribution in [3.8, 4) is 0 Å². The molecule has 7 heteroatoms. The number of methoxy groups -OCH3 is 2. The van der Waals surface area contributed by atoms with Gasteiger partial charge in [0.1, 0.15) is 0 Å². The van der Waals surface area contributed by atoms with Crippen molar-refractivity contribution in [3.63, 3.8) is 0 Å². The highest BCUT2D eigenvalue weighted by Crippen LogP contribution is 2.43. The molecule has 0 radical (unpaired) electrons. The molecule has 1 fully saturated rings. The summed E-state index contributed by atoms with van der Waals surface area (Å²) in [6, 6.07) is 5.38. The molecule has 5 nitrogen and oxygen atoms in total. The van der Waals surface area contributed by atoms with Gasteiger partial charge in [-0.2, -0.15) is 0 Å². The van der Waals surface area contributed by atoms with E-state index in [2.05, 4.69) is 0 Å². The molecule has 0 aromatic heterocycles. The van der Waals surface area contributed by atoms with Crippen molar-refractivity contribution >= 4 is 35.1 Å². The summed E-state index contributed by atoms with van der Waals surface area (Å²) in [6.45, 7) is 0. The molecular formula is C21H23Cl2NO4. The first-order chi connectivity index (χ1) is 13.5. The van der Waals surface area contributed by atoms with Crippen LogP contribution in [-0.4, -0.2) is 37.1 Å². The highest BCUT2D eigenvalue weighted by Gasteiger charge is 2.38. The molecule has 1 aliphatic heterocycles. The van der Waals surface area contributed by atoms with E-state index in [1.807, 2.05) is 4.90 Å². The molecule has 0 bridgehead atoms. The van der Waals surface area contributed by atoms with Gasteiger partial charge in [0, 0.05) is 18.4 Å². The van der Waals surface area contributed by atoms with E-state index in [0.717, 1.165) is 25.7 Å². The molecule has 1 aromatic rings. The van der Waals surface area contributed by atoms with Crippen LogP contribution in [0.1, 0.15) is 43.6 Å². The van der Waals surface area contributed by atoms with E-state index in [1.165, 1.54) is 20.6 Å². The molecule has 1 heterocycles. The highest BCUT2D eigenvalue weighted by atomic mass is 35.5. The number of nitrogens with zero attached hydrogens (tertiary/aromatic N) is 1. The number of hydrogen-bond donors (Lipinski definition) is 0. The summed E-state index contributed by atoms with van der Waals surface area (Å²) in [5, 5.41) is 0.646. The number of carbonyl (C=O) groups is 2. The minimum absolute atomic E-state index is 0.226. The van der Waals surface area contributed by atoms with E-state index < -0.39 is 17.9 Å². The number of ether oxygens (including phenoxy) is 2. The first-order valence-corrected chi connectivity index (χ1v) is 10.0. The Balaban J connectivity index is 2.13. The second-order valence-electron chi connectivity index (χ2n) is 6.97. The Bertz CT molecular complexity index is 794. The normalized spacial score (nSPS) is 18.4. The highest BCUT2D eigenvalue weighted by molar-refractivity contribution is 6.42. The Hall–Kier alpha value is -1.98. The molecule has 1 saturated carbocycles. The van der Waals surface area contributed by atoms with Crippen molar-refractivity contribution in [2.75, 3.05) is 14.2 Å². The number of rotatable bonds is 4. The lowest BCUT2D eigenvalue weighted by Gasteiger charge is -2.36. The van der Waals surface area contributed by atoms with Crippen molar-refractivity contribution in [2.24, 2.45) is 0 Å². The molecule has 150 valence electrons. The molecule has 28 heavy (non-hydrogen) atoms. The van der Waals surface area contributed by atoms with Crippen LogP contribution in [0.3, 0.4) is 0 Å². The molecule has 1 aromatic carbocycles. The average molecular weight is 424 g/mol. The van der Waals surface area contributed by atoms with E-state index in [4.69, 9.17) is 32.7 Å². The first-order valence-electron chi connectivity index (χ1n) is 9.29. The SMILES string of the molecule is COC(=O)C1=CN(C2CCCCC2)C=C(C(=O)OC)C1c1cccc(Cl)c1Cl. The van der Waals surface area contributed by atoms with Crippen LogP contribution >= 0.6 is 23.2 Å². The van der Waals surface area contributed by atoms with Crippen molar-refractivity contribution in [3.05, 3.63) is 57.4 Å². The minimum Gasteiger partial charge on any atom is -0.466 e. The fourth-order valence-corrected chi connectivity index (χ4v) is 4.34. The Morgan fingerprint density at radius 3 is 2.07 bits per heavy atom. The van der Waals surface area contributed by atoms with Crippen LogP contribution < -0.4 is 0 Å². The maximum Gasteiger partial charge on any atom is 0.336 e. The monoisotopic (exact) mass is 423 g/mol. The third-order valence-corrected chi connectivity index (χ3v) is 6.16. The molecule has 0 spiro atoms.